The predicted octanol–water partition coefficient (Wildman–Crippen LogP) is 8.54. The van der Waals surface area contributed by atoms with Gasteiger partial charge in [0.25, 0.3) is 5.82 Å². The van der Waals surface area contributed by atoms with E-state index in [1.165, 1.54) is 0 Å². The number of hydrogen-bond acceptors (Lipinski definition) is 5. The summed E-state index contributed by atoms with van der Waals surface area (Å²) in [6, 6.07) is 27.3. The molecule has 1 aromatic heterocycles. The summed E-state index contributed by atoms with van der Waals surface area (Å²) in [6.07, 6.45) is 5.84. The van der Waals surface area contributed by atoms with E-state index in [0.29, 0.717) is 51.1 Å². The molecule has 0 spiro atoms. The molecule has 0 saturated heterocycles. The third-order valence-electron chi connectivity index (χ3n) is 8.04. The van der Waals surface area contributed by atoms with E-state index >= 15 is 0 Å². The molecule has 47 heavy (non-hydrogen) atoms. The van der Waals surface area contributed by atoms with Gasteiger partial charge in [0.2, 0.25) is 0 Å². The Hall–Kier alpha value is -3.50. The molecule has 0 N–H and O–H groups in total. The first-order valence-corrected chi connectivity index (χ1v) is 18.0. The van der Waals surface area contributed by atoms with Gasteiger partial charge in [-0.25, -0.2) is 17.6 Å². The van der Waals surface area contributed by atoms with E-state index in [2.05, 4.69) is 28.9 Å². The van der Waals surface area contributed by atoms with Crippen molar-refractivity contribution in [2.45, 2.75) is 26.6 Å². The van der Waals surface area contributed by atoms with Gasteiger partial charge in [-0.3, -0.25) is 0 Å². The van der Waals surface area contributed by atoms with Gasteiger partial charge in [-0.05, 0) is 36.3 Å². The molecular weight excluding hydrogens is 698 g/mol. The second-order valence-electron chi connectivity index (χ2n) is 11.1. The molecule has 2 heterocycles. The lowest BCUT2D eigenvalue weighted by Crippen LogP contribution is -2.37. The van der Waals surface area contributed by atoms with Crippen molar-refractivity contribution in [3.05, 3.63) is 140 Å². The van der Waals surface area contributed by atoms with Gasteiger partial charge in [-0.1, -0.05) is 113 Å². The van der Waals surface area contributed by atoms with E-state index in [9.17, 15) is 13.0 Å². The number of benzene rings is 4. The van der Waals surface area contributed by atoms with Crippen LogP contribution >= 0.6 is 46.4 Å². The number of fused-ring (bicyclic) bond motifs is 2. The van der Waals surface area contributed by atoms with Crippen LogP contribution in [-0.4, -0.2) is 29.8 Å². The van der Waals surface area contributed by atoms with E-state index in [-0.39, 0.29) is 6.54 Å². The van der Waals surface area contributed by atoms with Crippen molar-refractivity contribution in [3.8, 4) is 0 Å². The van der Waals surface area contributed by atoms with Crippen LogP contribution in [0.15, 0.2) is 103 Å². The molecule has 242 valence electrons. The van der Waals surface area contributed by atoms with Crippen molar-refractivity contribution in [3.63, 3.8) is 0 Å². The van der Waals surface area contributed by atoms with E-state index in [4.69, 9.17) is 46.4 Å². The standard InChI is InChI=1S/C35H30Cl4N4O3S/c1-2-40-30-18-26(36)28(38)20-32(30)42(22-24-10-5-3-6-11-24)34(40)14-9-15-35-41(16-17-47(44,45)46)31-19-27(37)29(39)21-33(31)43(35)23-25-12-7-4-8-13-25/h3-15,18-21H,2,16-17,22-23H2,1H3. The fraction of sp³-hybridized carbons (Fsp3) is 0.171. The maximum atomic E-state index is 11.8. The Kier molecular flexibility index (Phi) is 9.90. The number of imidazole rings is 1. The number of rotatable bonds is 10. The van der Waals surface area contributed by atoms with Crippen LogP contribution in [-0.2, 0) is 29.8 Å². The zero-order valence-corrected chi connectivity index (χ0v) is 29.1. The molecule has 0 fully saturated rings. The van der Waals surface area contributed by atoms with Crippen molar-refractivity contribution in [1.29, 1.82) is 0 Å². The van der Waals surface area contributed by atoms with Crippen molar-refractivity contribution in [2.75, 3.05) is 22.1 Å². The van der Waals surface area contributed by atoms with Crippen LogP contribution in [0, 0.1) is 0 Å². The molecule has 0 atom stereocenters. The monoisotopic (exact) mass is 726 g/mol. The summed E-state index contributed by atoms with van der Waals surface area (Å²) >= 11 is 25.9. The van der Waals surface area contributed by atoms with E-state index in [1.54, 1.807) is 16.7 Å². The van der Waals surface area contributed by atoms with E-state index in [1.807, 2.05) is 83.5 Å². The van der Waals surface area contributed by atoms with Crippen molar-refractivity contribution in [1.82, 2.24) is 4.57 Å². The van der Waals surface area contributed by atoms with Gasteiger partial charge >= 0.3 is 0 Å². The van der Waals surface area contributed by atoms with E-state index in [0.717, 1.165) is 33.8 Å². The summed E-state index contributed by atoms with van der Waals surface area (Å²) in [5.74, 6) is 0.989. The van der Waals surface area contributed by atoms with Crippen LogP contribution in [0.3, 0.4) is 0 Å². The number of allylic oxidation sites excluding steroid dienone is 2. The number of aryl methyl sites for hydroxylation is 1. The highest BCUT2D eigenvalue weighted by Crippen LogP contribution is 2.46. The summed E-state index contributed by atoms with van der Waals surface area (Å²) < 4.78 is 39.2. The van der Waals surface area contributed by atoms with Crippen LogP contribution < -0.4 is 14.4 Å². The van der Waals surface area contributed by atoms with Crippen LogP contribution in [0.25, 0.3) is 17.1 Å². The fourth-order valence-electron chi connectivity index (χ4n) is 5.92. The van der Waals surface area contributed by atoms with Crippen LogP contribution in [0.5, 0.6) is 0 Å². The molecule has 1 aliphatic heterocycles. The number of aromatic nitrogens is 2. The summed E-state index contributed by atoms with van der Waals surface area (Å²) in [5.41, 5.74) is 5.42. The Morgan fingerprint density at radius 3 is 1.98 bits per heavy atom. The molecule has 4 aromatic carbocycles. The fourth-order valence-corrected chi connectivity index (χ4v) is 6.95. The molecule has 0 radical (unpaired) electrons. The zero-order valence-electron chi connectivity index (χ0n) is 25.3. The van der Waals surface area contributed by atoms with Crippen molar-refractivity contribution in [2.24, 2.45) is 0 Å². The molecule has 0 aliphatic carbocycles. The minimum absolute atomic E-state index is 0.0675. The molecular formula is C35H30Cl4N4O3S. The SMILES string of the molecule is CCN1C(=CC=Cc2n(CCS(=O)(=O)[O-])c3cc(Cl)c(Cl)cc3[n+]2Cc2ccccc2)N(Cc2ccccc2)c2cc(Cl)c(Cl)cc21. The lowest BCUT2D eigenvalue weighted by Gasteiger charge is -2.24. The highest BCUT2D eigenvalue weighted by atomic mass is 35.5. The number of halogens is 4. The minimum Gasteiger partial charge on any atom is -0.748 e. The highest BCUT2D eigenvalue weighted by Gasteiger charge is 2.32. The predicted molar refractivity (Wildman–Crippen MR) is 191 cm³/mol. The van der Waals surface area contributed by atoms with Gasteiger partial charge in [0.15, 0.2) is 11.0 Å². The summed E-state index contributed by atoms with van der Waals surface area (Å²) in [5, 5.41) is 1.62. The van der Waals surface area contributed by atoms with Crippen LogP contribution in [0.2, 0.25) is 20.1 Å². The Bertz CT molecular complexity index is 2120. The largest absolute Gasteiger partial charge is 0.748 e. The number of hydrogen-bond donors (Lipinski definition) is 0. The molecule has 5 aromatic rings. The van der Waals surface area contributed by atoms with Gasteiger partial charge in [-0.15, -0.1) is 0 Å². The molecule has 0 unspecified atom stereocenters. The molecule has 0 saturated carbocycles. The third kappa shape index (κ3) is 7.18. The van der Waals surface area contributed by atoms with E-state index < -0.39 is 15.9 Å². The second-order valence-corrected chi connectivity index (χ2v) is 14.2. The molecule has 0 amide bonds. The molecule has 7 nitrogen and oxygen atoms in total. The van der Waals surface area contributed by atoms with Gasteiger partial charge in [0.1, 0.15) is 18.9 Å². The van der Waals surface area contributed by atoms with Crippen molar-refractivity contribution < 1.29 is 17.5 Å². The summed E-state index contributed by atoms with van der Waals surface area (Å²) in [6.45, 7) is 3.73. The molecule has 0 bridgehead atoms. The van der Waals surface area contributed by atoms with Gasteiger partial charge in [-0.2, -0.15) is 0 Å². The summed E-state index contributed by atoms with van der Waals surface area (Å²) in [7, 11) is -4.50. The first-order chi connectivity index (χ1) is 22.5. The van der Waals surface area contributed by atoms with Crippen LogP contribution in [0.4, 0.5) is 11.4 Å². The lowest BCUT2D eigenvalue weighted by molar-refractivity contribution is -0.665. The number of anilines is 2. The average molecular weight is 729 g/mol. The molecule has 6 rings (SSSR count). The zero-order chi connectivity index (χ0) is 33.3. The lowest BCUT2D eigenvalue weighted by atomic mass is 10.2. The quantitative estimate of drug-likeness (QED) is 0.107. The topological polar surface area (TPSA) is 72.5 Å². The average Bonchev–Trinajstić information content (AvgIpc) is 3.47. The first-order valence-electron chi connectivity index (χ1n) is 14.9. The molecule has 1 aliphatic rings. The number of nitrogens with zero attached hydrogens (tertiary/aromatic N) is 4. The maximum absolute atomic E-state index is 11.8. The van der Waals surface area contributed by atoms with Crippen LogP contribution in [0.1, 0.15) is 23.9 Å². The third-order valence-corrected chi connectivity index (χ3v) is 10.2. The van der Waals surface area contributed by atoms with Gasteiger partial charge in [0, 0.05) is 31.3 Å². The Morgan fingerprint density at radius 2 is 1.36 bits per heavy atom. The Balaban J connectivity index is 1.50. The molecule has 12 heteroatoms. The maximum Gasteiger partial charge on any atom is 0.282 e. The second kappa shape index (κ2) is 13.9. The summed E-state index contributed by atoms with van der Waals surface area (Å²) in [4.78, 5) is 4.36. The highest BCUT2D eigenvalue weighted by molar-refractivity contribution is 7.85. The first kappa shape index (κ1) is 33.4. The van der Waals surface area contributed by atoms with Gasteiger partial charge < -0.3 is 14.4 Å². The minimum atomic E-state index is -4.50. The Morgan fingerprint density at radius 1 is 0.787 bits per heavy atom. The smallest absolute Gasteiger partial charge is 0.282 e. The Labute approximate surface area is 294 Å². The normalized spacial score (nSPS) is 14.2. The van der Waals surface area contributed by atoms with Crippen molar-refractivity contribution >= 4 is 85.0 Å². The van der Waals surface area contributed by atoms with Gasteiger partial charge in [0.05, 0.1) is 47.3 Å².